The lowest BCUT2D eigenvalue weighted by molar-refractivity contribution is -0.125. The highest BCUT2D eigenvalue weighted by Crippen LogP contribution is 2.33. The number of hydrogen-bond donors (Lipinski definition) is 1. The molecule has 0 unspecified atom stereocenters. The Balaban J connectivity index is 1.77. The number of carbonyl (C=O) groups is 2. The van der Waals surface area contributed by atoms with Gasteiger partial charge in [-0.2, -0.15) is 0 Å². The second kappa shape index (κ2) is 6.31. The average Bonchev–Trinajstić information content (AvgIpc) is 2.96. The average molecular weight is 340 g/mol. The van der Waals surface area contributed by atoms with Gasteiger partial charge in [0.25, 0.3) is 5.91 Å². The summed E-state index contributed by atoms with van der Waals surface area (Å²) in [6.07, 6.45) is 0.761. The van der Waals surface area contributed by atoms with Gasteiger partial charge in [-0.3, -0.25) is 9.59 Å². The third kappa shape index (κ3) is 3.55. The zero-order chi connectivity index (χ0) is 18.2. The fourth-order valence-corrected chi connectivity index (χ4v) is 2.90. The molecule has 1 aliphatic heterocycles. The number of anilines is 2. The van der Waals surface area contributed by atoms with Crippen LogP contribution in [0.3, 0.4) is 0 Å². The van der Waals surface area contributed by atoms with Crippen molar-refractivity contribution in [1.29, 1.82) is 0 Å². The topological polar surface area (TPSA) is 49.4 Å². The number of benzene rings is 2. The number of fused-ring (bicyclic) bond motifs is 1. The fraction of sp³-hybridized carbons (Fsp3) is 0.300. The van der Waals surface area contributed by atoms with Gasteiger partial charge in [-0.15, -0.1) is 0 Å². The van der Waals surface area contributed by atoms with Crippen LogP contribution in [0, 0.1) is 11.2 Å². The molecule has 0 bridgehead atoms. The van der Waals surface area contributed by atoms with Crippen molar-refractivity contribution in [3.63, 3.8) is 0 Å². The first-order valence-electron chi connectivity index (χ1n) is 8.27. The van der Waals surface area contributed by atoms with Crippen molar-refractivity contribution in [1.82, 2.24) is 0 Å². The van der Waals surface area contributed by atoms with Crippen LogP contribution in [0.5, 0.6) is 0 Å². The summed E-state index contributed by atoms with van der Waals surface area (Å²) in [4.78, 5) is 26.6. The Morgan fingerprint density at radius 2 is 1.76 bits per heavy atom. The van der Waals surface area contributed by atoms with Gasteiger partial charge in [0.15, 0.2) is 0 Å². The Morgan fingerprint density at radius 1 is 1.08 bits per heavy atom. The largest absolute Gasteiger partial charge is 0.322 e. The van der Waals surface area contributed by atoms with E-state index in [2.05, 4.69) is 5.32 Å². The third-order valence-corrected chi connectivity index (χ3v) is 4.23. The van der Waals surface area contributed by atoms with E-state index in [0.717, 1.165) is 17.7 Å². The van der Waals surface area contributed by atoms with E-state index in [4.69, 9.17) is 0 Å². The van der Waals surface area contributed by atoms with Gasteiger partial charge >= 0.3 is 0 Å². The van der Waals surface area contributed by atoms with E-state index in [1.165, 1.54) is 24.3 Å². The molecular formula is C20H21FN2O2. The van der Waals surface area contributed by atoms with Gasteiger partial charge in [-0.25, -0.2) is 4.39 Å². The van der Waals surface area contributed by atoms with Crippen molar-refractivity contribution in [3.8, 4) is 0 Å². The summed E-state index contributed by atoms with van der Waals surface area (Å²) in [6.45, 7) is 6.38. The molecule has 0 saturated heterocycles. The number of hydrogen-bond acceptors (Lipinski definition) is 2. The molecule has 25 heavy (non-hydrogen) atoms. The van der Waals surface area contributed by atoms with Crippen LogP contribution in [0.1, 0.15) is 36.7 Å². The molecule has 130 valence electrons. The maximum Gasteiger partial charge on any atom is 0.255 e. The van der Waals surface area contributed by atoms with Crippen LogP contribution >= 0.6 is 0 Å². The Morgan fingerprint density at radius 3 is 2.40 bits per heavy atom. The zero-order valence-corrected chi connectivity index (χ0v) is 14.6. The quantitative estimate of drug-likeness (QED) is 0.898. The molecule has 0 atom stereocenters. The first kappa shape index (κ1) is 17.1. The van der Waals surface area contributed by atoms with Crippen LogP contribution in [0.2, 0.25) is 0 Å². The van der Waals surface area contributed by atoms with Gasteiger partial charge in [0.2, 0.25) is 5.91 Å². The van der Waals surface area contributed by atoms with Crippen LogP contribution in [0.25, 0.3) is 0 Å². The van der Waals surface area contributed by atoms with Crippen molar-refractivity contribution < 1.29 is 14.0 Å². The number of carbonyl (C=O) groups excluding carboxylic acids is 2. The Kier molecular flexibility index (Phi) is 4.33. The van der Waals surface area contributed by atoms with Crippen molar-refractivity contribution in [2.24, 2.45) is 5.41 Å². The Bertz CT molecular complexity index is 823. The molecule has 2 aromatic carbocycles. The van der Waals surface area contributed by atoms with E-state index in [9.17, 15) is 14.0 Å². The maximum atomic E-state index is 12.9. The van der Waals surface area contributed by atoms with Crippen LogP contribution in [-0.2, 0) is 11.2 Å². The van der Waals surface area contributed by atoms with Crippen molar-refractivity contribution in [2.45, 2.75) is 27.2 Å². The van der Waals surface area contributed by atoms with Crippen LogP contribution < -0.4 is 10.2 Å². The second-order valence-electron chi connectivity index (χ2n) is 7.26. The number of nitrogens with zero attached hydrogens (tertiary/aromatic N) is 1. The standard InChI is InChI=1S/C20H21FN2O2/c1-20(2,3)19(25)23-11-10-14-12-16(8-9-17(14)23)22-18(24)13-4-6-15(21)7-5-13/h4-9,12H,10-11H2,1-3H3,(H,22,24). The Labute approximate surface area is 146 Å². The number of halogens is 1. The van der Waals surface area contributed by atoms with Crippen LogP contribution in [0.4, 0.5) is 15.8 Å². The monoisotopic (exact) mass is 340 g/mol. The number of amides is 2. The van der Waals surface area contributed by atoms with E-state index in [-0.39, 0.29) is 17.6 Å². The molecule has 0 spiro atoms. The fourth-order valence-electron chi connectivity index (χ4n) is 2.90. The summed E-state index contributed by atoms with van der Waals surface area (Å²) in [5, 5.41) is 2.82. The molecular weight excluding hydrogens is 319 g/mol. The minimum atomic E-state index is -0.433. The lowest BCUT2D eigenvalue weighted by Gasteiger charge is -2.26. The summed E-state index contributed by atoms with van der Waals surface area (Å²) < 4.78 is 12.9. The Hall–Kier alpha value is -2.69. The van der Waals surface area contributed by atoms with Gasteiger partial charge < -0.3 is 10.2 Å². The maximum absolute atomic E-state index is 12.9. The molecule has 0 fully saturated rings. The number of nitrogens with one attached hydrogen (secondary N) is 1. The summed E-state index contributed by atoms with van der Waals surface area (Å²) in [7, 11) is 0. The minimum Gasteiger partial charge on any atom is -0.322 e. The summed E-state index contributed by atoms with van der Waals surface area (Å²) in [5.41, 5.74) is 2.57. The first-order valence-corrected chi connectivity index (χ1v) is 8.27. The highest BCUT2D eigenvalue weighted by atomic mass is 19.1. The van der Waals surface area contributed by atoms with Crippen LogP contribution in [-0.4, -0.2) is 18.4 Å². The van der Waals surface area contributed by atoms with Crippen molar-refractivity contribution in [2.75, 3.05) is 16.8 Å². The normalized spacial score (nSPS) is 13.5. The van der Waals surface area contributed by atoms with Gasteiger partial charge in [-0.05, 0) is 54.4 Å². The van der Waals surface area contributed by atoms with E-state index in [1.807, 2.05) is 32.9 Å². The molecule has 4 nitrogen and oxygen atoms in total. The number of rotatable bonds is 2. The minimum absolute atomic E-state index is 0.0920. The van der Waals surface area contributed by atoms with Crippen molar-refractivity contribution >= 4 is 23.2 Å². The predicted molar refractivity (Wildman–Crippen MR) is 96.3 cm³/mol. The van der Waals surface area contributed by atoms with Gasteiger partial charge in [0, 0.05) is 28.9 Å². The van der Waals surface area contributed by atoms with E-state index in [0.29, 0.717) is 17.8 Å². The first-order chi connectivity index (χ1) is 11.8. The van der Waals surface area contributed by atoms with E-state index in [1.54, 1.807) is 11.0 Å². The summed E-state index contributed by atoms with van der Waals surface area (Å²) in [5.74, 6) is -0.576. The summed E-state index contributed by atoms with van der Waals surface area (Å²) >= 11 is 0. The van der Waals surface area contributed by atoms with Gasteiger partial charge in [0.05, 0.1) is 0 Å². The molecule has 1 heterocycles. The highest BCUT2D eigenvalue weighted by molar-refractivity contribution is 6.05. The SMILES string of the molecule is CC(C)(C)C(=O)N1CCc2cc(NC(=O)c3ccc(F)cc3)ccc21. The highest BCUT2D eigenvalue weighted by Gasteiger charge is 2.32. The second-order valence-corrected chi connectivity index (χ2v) is 7.26. The molecule has 0 aliphatic carbocycles. The van der Waals surface area contributed by atoms with Gasteiger partial charge in [-0.1, -0.05) is 20.8 Å². The predicted octanol–water partition coefficient (Wildman–Crippen LogP) is 4.01. The van der Waals surface area contributed by atoms with E-state index < -0.39 is 5.41 Å². The molecule has 2 aromatic rings. The molecule has 1 N–H and O–H groups in total. The lowest BCUT2D eigenvalue weighted by Crippen LogP contribution is -2.38. The molecule has 2 amide bonds. The molecule has 0 aromatic heterocycles. The molecule has 0 radical (unpaired) electrons. The molecule has 3 rings (SSSR count). The molecule has 5 heteroatoms. The molecule has 0 saturated carbocycles. The van der Waals surface area contributed by atoms with Crippen molar-refractivity contribution in [3.05, 3.63) is 59.4 Å². The van der Waals surface area contributed by atoms with E-state index >= 15 is 0 Å². The lowest BCUT2D eigenvalue weighted by atomic mass is 9.94. The smallest absolute Gasteiger partial charge is 0.255 e. The summed E-state index contributed by atoms with van der Waals surface area (Å²) in [6, 6.07) is 11.0. The third-order valence-electron chi connectivity index (χ3n) is 4.23. The molecule has 1 aliphatic rings. The van der Waals surface area contributed by atoms with Gasteiger partial charge in [0.1, 0.15) is 5.82 Å². The zero-order valence-electron chi connectivity index (χ0n) is 14.6. The van der Waals surface area contributed by atoms with Crippen LogP contribution in [0.15, 0.2) is 42.5 Å².